The van der Waals surface area contributed by atoms with Gasteiger partial charge in [0.05, 0.1) is 11.9 Å². The number of nitrogens with one attached hydrogen (secondary N) is 1. The molecule has 0 radical (unpaired) electrons. The van der Waals surface area contributed by atoms with E-state index in [0.29, 0.717) is 12.5 Å². The van der Waals surface area contributed by atoms with Gasteiger partial charge in [0.2, 0.25) is 10.0 Å². The van der Waals surface area contributed by atoms with E-state index in [2.05, 4.69) is 28.7 Å². The first-order valence-electron chi connectivity index (χ1n) is 8.47. The number of hydrogen-bond acceptors (Lipinski definition) is 4. The predicted octanol–water partition coefficient (Wildman–Crippen LogP) is 2.14. The summed E-state index contributed by atoms with van der Waals surface area (Å²) < 4.78 is 33.0. The monoisotopic (exact) mass is 338 g/mol. The number of para-hydroxylation sites is 1. The Bertz CT molecular complexity index is 600. The SMILES string of the molecule is C[C@@H]1C[C@H](NS(=O)(=O)CC[C@H]2CCCO2)CN1c1ccccc1. The molecule has 2 fully saturated rings. The van der Waals surface area contributed by atoms with E-state index >= 15 is 0 Å². The molecule has 2 heterocycles. The van der Waals surface area contributed by atoms with Crippen molar-refractivity contribution in [2.75, 3.05) is 23.8 Å². The van der Waals surface area contributed by atoms with Crippen molar-refractivity contribution in [1.29, 1.82) is 0 Å². The molecule has 2 aliphatic heterocycles. The summed E-state index contributed by atoms with van der Waals surface area (Å²) in [4.78, 5) is 2.27. The molecule has 0 saturated carbocycles. The first-order valence-corrected chi connectivity index (χ1v) is 10.1. The summed E-state index contributed by atoms with van der Waals surface area (Å²) >= 11 is 0. The third kappa shape index (κ3) is 4.46. The van der Waals surface area contributed by atoms with Crippen LogP contribution in [0.15, 0.2) is 30.3 Å². The van der Waals surface area contributed by atoms with Gasteiger partial charge in [0.25, 0.3) is 0 Å². The maximum atomic E-state index is 12.3. The molecule has 128 valence electrons. The maximum absolute atomic E-state index is 12.3. The topological polar surface area (TPSA) is 58.6 Å². The van der Waals surface area contributed by atoms with Crippen molar-refractivity contribution < 1.29 is 13.2 Å². The van der Waals surface area contributed by atoms with Gasteiger partial charge >= 0.3 is 0 Å². The van der Waals surface area contributed by atoms with Gasteiger partial charge in [-0.25, -0.2) is 13.1 Å². The van der Waals surface area contributed by atoms with Crippen LogP contribution in [0.2, 0.25) is 0 Å². The fraction of sp³-hybridized carbons (Fsp3) is 0.647. The third-order valence-corrected chi connectivity index (χ3v) is 6.21. The Labute approximate surface area is 139 Å². The predicted molar refractivity (Wildman–Crippen MR) is 92.2 cm³/mol. The van der Waals surface area contributed by atoms with E-state index < -0.39 is 10.0 Å². The quantitative estimate of drug-likeness (QED) is 0.863. The zero-order chi connectivity index (χ0) is 16.3. The zero-order valence-electron chi connectivity index (χ0n) is 13.6. The van der Waals surface area contributed by atoms with Gasteiger partial charge in [-0.3, -0.25) is 0 Å². The van der Waals surface area contributed by atoms with Crippen LogP contribution in [-0.2, 0) is 14.8 Å². The van der Waals surface area contributed by atoms with Crippen molar-refractivity contribution in [1.82, 2.24) is 4.72 Å². The van der Waals surface area contributed by atoms with E-state index in [4.69, 9.17) is 4.74 Å². The Kier molecular flexibility index (Phi) is 5.24. The Morgan fingerprint density at radius 1 is 1.30 bits per heavy atom. The average Bonchev–Trinajstić information content (AvgIpc) is 3.15. The van der Waals surface area contributed by atoms with Crippen LogP contribution in [0.4, 0.5) is 5.69 Å². The van der Waals surface area contributed by atoms with Crippen LogP contribution in [0.5, 0.6) is 0 Å². The molecule has 5 nitrogen and oxygen atoms in total. The second-order valence-electron chi connectivity index (χ2n) is 6.63. The second-order valence-corrected chi connectivity index (χ2v) is 8.50. The number of benzene rings is 1. The Morgan fingerprint density at radius 3 is 2.78 bits per heavy atom. The minimum atomic E-state index is -3.24. The highest BCUT2D eigenvalue weighted by molar-refractivity contribution is 7.89. The van der Waals surface area contributed by atoms with Crippen molar-refractivity contribution >= 4 is 15.7 Å². The molecular formula is C17H26N2O3S. The van der Waals surface area contributed by atoms with Crippen molar-refractivity contribution in [2.45, 2.75) is 50.8 Å². The van der Waals surface area contributed by atoms with Crippen LogP contribution >= 0.6 is 0 Å². The maximum Gasteiger partial charge on any atom is 0.212 e. The number of hydrogen-bond donors (Lipinski definition) is 1. The lowest BCUT2D eigenvalue weighted by molar-refractivity contribution is 0.108. The fourth-order valence-corrected chi connectivity index (χ4v) is 4.94. The molecule has 2 aliphatic rings. The average molecular weight is 338 g/mol. The minimum absolute atomic E-state index is 0.0142. The molecule has 0 unspecified atom stereocenters. The molecule has 1 aromatic carbocycles. The molecule has 6 heteroatoms. The highest BCUT2D eigenvalue weighted by Crippen LogP contribution is 2.25. The fourth-order valence-electron chi connectivity index (χ4n) is 3.57. The van der Waals surface area contributed by atoms with Crippen LogP contribution in [0.25, 0.3) is 0 Å². The van der Waals surface area contributed by atoms with Gasteiger partial charge in [-0.2, -0.15) is 0 Å². The number of nitrogens with zero attached hydrogens (tertiary/aromatic N) is 1. The lowest BCUT2D eigenvalue weighted by Crippen LogP contribution is -2.39. The van der Waals surface area contributed by atoms with E-state index in [-0.39, 0.29) is 17.9 Å². The summed E-state index contributed by atoms with van der Waals surface area (Å²) in [6, 6.07) is 10.5. The van der Waals surface area contributed by atoms with Gasteiger partial charge < -0.3 is 9.64 Å². The largest absolute Gasteiger partial charge is 0.378 e. The molecule has 0 bridgehead atoms. The number of rotatable bonds is 6. The van der Waals surface area contributed by atoms with E-state index in [0.717, 1.165) is 38.1 Å². The number of sulfonamides is 1. The summed E-state index contributed by atoms with van der Waals surface area (Å²) in [5.74, 6) is 0.161. The van der Waals surface area contributed by atoms with Crippen molar-refractivity contribution in [3.05, 3.63) is 30.3 Å². The lowest BCUT2D eigenvalue weighted by Gasteiger charge is -2.23. The molecule has 1 aromatic rings. The molecule has 0 aliphatic carbocycles. The minimum Gasteiger partial charge on any atom is -0.378 e. The van der Waals surface area contributed by atoms with Crippen LogP contribution < -0.4 is 9.62 Å². The highest BCUT2D eigenvalue weighted by atomic mass is 32.2. The highest BCUT2D eigenvalue weighted by Gasteiger charge is 2.32. The van der Waals surface area contributed by atoms with Gasteiger partial charge in [0.15, 0.2) is 0 Å². The third-order valence-electron chi connectivity index (χ3n) is 4.74. The van der Waals surface area contributed by atoms with Crippen LogP contribution in [0.1, 0.15) is 32.6 Å². The molecule has 0 spiro atoms. The van der Waals surface area contributed by atoms with Gasteiger partial charge in [-0.05, 0) is 44.7 Å². The smallest absolute Gasteiger partial charge is 0.212 e. The molecule has 3 rings (SSSR count). The lowest BCUT2D eigenvalue weighted by atomic mass is 10.2. The van der Waals surface area contributed by atoms with Gasteiger partial charge in [-0.1, -0.05) is 18.2 Å². The first kappa shape index (κ1) is 16.7. The van der Waals surface area contributed by atoms with Crippen LogP contribution in [0, 0.1) is 0 Å². The van der Waals surface area contributed by atoms with E-state index in [9.17, 15) is 8.42 Å². The van der Waals surface area contributed by atoms with Crippen LogP contribution in [-0.4, -0.2) is 45.5 Å². The molecule has 3 atom stereocenters. The van der Waals surface area contributed by atoms with Gasteiger partial charge in [0, 0.05) is 30.9 Å². The Balaban J connectivity index is 1.53. The van der Waals surface area contributed by atoms with E-state index in [1.165, 1.54) is 0 Å². The van der Waals surface area contributed by atoms with Crippen LogP contribution in [0.3, 0.4) is 0 Å². The summed E-state index contributed by atoms with van der Waals surface area (Å²) in [7, 11) is -3.24. The van der Waals surface area contributed by atoms with E-state index in [1.807, 2.05) is 18.2 Å². The van der Waals surface area contributed by atoms with Crippen molar-refractivity contribution in [2.24, 2.45) is 0 Å². The molecule has 2 saturated heterocycles. The molecular weight excluding hydrogens is 312 g/mol. The second kappa shape index (κ2) is 7.20. The first-order chi connectivity index (χ1) is 11.0. The number of anilines is 1. The number of ether oxygens (including phenoxy) is 1. The Hall–Kier alpha value is -1.11. The molecule has 1 N–H and O–H groups in total. The Morgan fingerprint density at radius 2 is 2.09 bits per heavy atom. The van der Waals surface area contributed by atoms with Gasteiger partial charge in [-0.15, -0.1) is 0 Å². The molecule has 0 aromatic heterocycles. The summed E-state index contributed by atoms with van der Waals surface area (Å²) in [6.45, 7) is 3.64. The van der Waals surface area contributed by atoms with Crippen molar-refractivity contribution in [3.8, 4) is 0 Å². The van der Waals surface area contributed by atoms with Gasteiger partial charge in [0.1, 0.15) is 0 Å². The summed E-state index contributed by atoms with van der Waals surface area (Å²) in [6.07, 6.45) is 3.59. The van der Waals surface area contributed by atoms with Crippen molar-refractivity contribution in [3.63, 3.8) is 0 Å². The zero-order valence-corrected chi connectivity index (χ0v) is 14.5. The summed E-state index contributed by atoms with van der Waals surface area (Å²) in [5, 5.41) is 0. The summed E-state index contributed by atoms with van der Waals surface area (Å²) in [5.41, 5.74) is 1.15. The van der Waals surface area contributed by atoms with E-state index in [1.54, 1.807) is 0 Å². The molecule has 23 heavy (non-hydrogen) atoms. The molecule has 0 amide bonds. The standard InChI is InChI=1S/C17H26N2O3S/c1-14-12-15(13-19(14)16-6-3-2-4-7-16)18-23(20,21)11-9-17-8-5-10-22-17/h2-4,6-7,14-15,17-18H,5,8-13H2,1H3/t14-,15+,17-/m1/s1. The normalized spacial score (nSPS) is 28.4.